The Morgan fingerprint density at radius 3 is 2.50 bits per heavy atom. The highest BCUT2D eigenvalue weighted by molar-refractivity contribution is 8.93. The summed E-state index contributed by atoms with van der Waals surface area (Å²) >= 11 is 0. The maximum absolute atomic E-state index is 10.1. The summed E-state index contributed by atoms with van der Waals surface area (Å²) in [4.78, 5) is 2.64. The van der Waals surface area contributed by atoms with Crippen molar-refractivity contribution in [2.75, 3.05) is 26.2 Å². The minimum Gasteiger partial charge on any atom is -0.508 e. The molecule has 0 aromatic heterocycles. The summed E-state index contributed by atoms with van der Waals surface area (Å²) in [5.74, 6) is 0.425. The molecule has 34 heavy (non-hydrogen) atoms. The summed E-state index contributed by atoms with van der Waals surface area (Å²) < 4.78 is 0. The van der Waals surface area contributed by atoms with Gasteiger partial charge in [-0.15, -0.1) is 34.0 Å². The number of benzene rings is 2. The van der Waals surface area contributed by atoms with E-state index in [9.17, 15) is 15.3 Å². The number of unbranched alkanes of at least 4 members (excludes halogenated alkanes) is 3. The number of halogens is 2. The fourth-order valence-corrected chi connectivity index (χ4v) is 4.87. The molecule has 0 saturated heterocycles. The average molecular weight is 602 g/mol. The molecule has 2 aromatic carbocycles. The molecule has 0 radical (unpaired) electrons. The van der Waals surface area contributed by atoms with Gasteiger partial charge in [0, 0.05) is 11.6 Å². The Kier molecular flexibility index (Phi) is 14.8. The second-order valence-corrected chi connectivity index (χ2v) is 9.09. The van der Waals surface area contributed by atoms with Gasteiger partial charge >= 0.3 is 0 Å². The second-order valence-electron chi connectivity index (χ2n) is 9.09. The molecule has 0 spiro atoms. The number of nitrogens with zero attached hydrogens (tertiary/aromatic N) is 1. The molecule has 0 saturated carbocycles. The predicted molar refractivity (Wildman–Crippen MR) is 151 cm³/mol. The standard InChI is InChI=1S/C27H40N2O3.2BrH/c1-2-17-29(23-11-12-25-22(20-23)10-13-26(31)27(25)32)18-6-4-3-5-15-28-16-14-21-8-7-9-24(30)19-21;;/h7-10,13,19,23,28,30-32H,2-6,11-12,14-18,20H2,1H3;2*1H/t23-;;/m0../s1. The highest BCUT2D eigenvalue weighted by Gasteiger charge is 2.26. The Hall–Kier alpha value is -1.28. The van der Waals surface area contributed by atoms with Crippen molar-refractivity contribution in [3.63, 3.8) is 0 Å². The molecule has 1 atom stereocenters. The van der Waals surface area contributed by atoms with E-state index in [0.29, 0.717) is 11.8 Å². The van der Waals surface area contributed by atoms with Crippen LogP contribution < -0.4 is 5.32 Å². The molecular formula is C27H42Br2N2O3. The van der Waals surface area contributed by atoms with Crippen LogP contribution in [0.1, 0.15) is 62.1 Å². The number of nitrogens with one attached hydrogen (secondary N) is 1. The zero-order valence-corrected chi connectivity index (χ0v) is 23.8. The zero-order chi connectivity index (χ0) is 22.8. The minimum absolute atomic E-state index is 0. The van der Waals surface area contributed by atoms with Gasteiger partial charge in [-0.25, -0.2) is 0 Å². The quantitative estimate of drug-likeness (QED) is 0.169. The molecule has 0 unspecified atom stereocenters. The monoisotopic (exact) mass is 600 g/mol. The van der Waals surface area contributed by atoms with Crippen molar-refractivity contribution in [2.24, 2.45) is 0 Å². The molecule has 1 aliphatic carbocycles. The lowest BCUT2D eigenvalue weighted by atomic mass is 9.86. The average Bonchev–Trinajstić information content (AvgIpc) is 2.79. The first-order valence-electron chi connectivity index (χ1n) is 12.3. The van der Waals surface area contributed by atoms with E-state index in [4.69, 9.17) is 0 Å². The number of fused-ring (bicyclic) bond motifs is 1. The smallest absolute Gasteiger partial charge is 0.160 e. The number of hydrogen-bond acceptors (Lipinski definition) is 5. The number of phenolic OH excluding ortho intramolecular Hbond substituents is 3. The topological polar surface area (TPSA) is 76.0 Å². The lowest BCUT2D eigenvalue weighted by molar-refractivity contribution is 0.175. The van der Waals surface area contributed by atoms with E-state index in [0.717, 1.165) is 63.8 Å². The van der Waals surface area contributed by atoms with Gasteiger partial charge in [0.1, 0.15) is 5.75 Å². The number of hydrogen-bond donors (Lipinski definition) is 4. The molecule has 0 heterocycles. The maximum atomic E-state index is 10.1. The van der Waals surface area contributed by atoms with E-state index in [-0.39, 0.29) is 45.5 Å². The zero-order valence-electron chi connectivity index (χ0n) is 20.3. The third-order valence-corrected chi connectivity index (χ3v) is 6.62. The van der Waals surface area contributed by atoms with Gasteiger partial charge in [-0.3, -0.25) is 0 Å². The summed E-state index contributed by atoms with van der Waals surface area (Å²) in [5.41, 5.74) is 3.30. The summed E-state index contributed by atoms with van der Waals surface area (Å²) in [6, 6.07) is 11.6. The molecule has 1 aliphatic rings. The van der Waals surface area contributed by atoms with Crippen molar-refractivity contribution in [1.82, 2.24) is 10.2 Å². The highest BCUT2D eigenvalue weighted by atomic mass is 79.9. The largest absolute Gasteiger partial charge is 0.508 e. The molecule has 5 nitrogen and oxygen atoms in total. The van der Waals surface area contributed by atoms with Crippen LogP contribution in [0.4, 0.5) is 0 Å². The summed E-state index contributed by atoms with van der Waals surface area (Å²) in [6.07, 6.45) is 9.90. The van der Waals surface area contributed by atoms with Crippen LogP contribution in [-0.2, 0) is 19.3 Å². The SMILES string of the molecule is Br.Br.CCCN(CCCCCCNCCc1cccc(O)c1)[C@H]1CCc2c(ccc(O)c2O)C1. The van der Waals surface area contributed by atoms with Gasteiger partial charge in [0.25, 0.3) is 0 Å². The molecular weight excluding hydrogens is 560 g/mol. The Morgan fingerprint density at radius 1 is 0.941 bits per heavy atom. The summed E-state index contributed by atoms with van der Waals surface area (Å²) in [6.45, 7) is 6.51. The van der Waals surface area contributed by atoms with Crippen LogP contribution in [0, 0.1) is 0 Å². The van der Waals surface area contributed by atoms with Gasteiger partial charge in [-0.05, 0) is 100 Å². The molecule has 0 fully saturated rings. The van der Waals surface area contributed by atoms with E-state index in [1.807, 2.05) is 18.2 Å². The van der Waals surface area contributed by atoms with Crippen molar-refractivity contribution in [2.45, 2.75) is 70.8 Å². The minimum atomic E-state index is 0. The number of aromatic hydroxyl groups is 3. The Labute approximate surface area is 226 Å². The third kappa shape index (κ3) is 9.40. The molecule has 3 rings (SSSR count). The first kappa shape index (κ1) is 30.8. The molecule has 7 heteroatoms. The highest BCUT2D eigenvalue weighted by Crippen LogP contribution is 2.36. The van der Waals surface area contributed by atoms with Crippen LogP contribution in [0.15, 0.2) is 36.4 Å². The van der Waals surface area contributed by atoms with E-state index in [2.05, 4.69) is 23.2 Å². The predicted octanol–water partition coefficient (Wildman–Crippen LogP) is 5.92. The Morgan fingerprint density at radius 2 is 1.74 bits per heavy atom. The normalized spacial score (nSPS) is 14.8. The third-order valence-electron chi connectivity index (χ3n) is 6.62. The van der Waals surface area contributed by atoms with Gasteiger partial charge in [-0.1, -0.05) is 38.0 Å². The van der Waals surface area contributed by atoms with Crippen LogP contribution in [0.2, 0.25) is 0 Å². The van der Waals surface area contributed by atoms with E-state index in [1.54, 1.807) is 12.1 Å². The lowest BCUT2D eigenvalue weighted by Gasteiger charge is -2.35. The first-order valence-corrected chi connectivity index (χ1v) is 12.3. The van der Waals surface area contributed by atoms with Crippen LogP contribution >= 0.6 is 34.0 Å². The van der Waals surface area contributed by atoms with Crippen molar-refractivity contribution < 1.29 is 15.3 Å². The first-order chi connectivity index (χ1) is 15.6. The fraction of sp³-hybridized carbons (Fsp3) is 0.556. The van der Waals surface area contributed by atoms with Gasteiger partial charge < -0.3 is 25.5 Å². The lowest BCUT2D eigenvalue weighted by Crippen LogP contribution is -2.40. The van der Waals surface area contributed by atoms with E-state index < -0.39 is 0 Å². The fourth-order valence-electron chi connectivity index (χ4n) is 4.87. The van der Waals surface area contributed by atoms with Crippen LogP contribution in [0.3, 0.4) is 0 Å². The van der Waals surface area contributed by atoms with Gasteiger partial charge in [0.05, 0.1) is 0 Å². The van der Waals surface area contributed by atoms with Gasteiger partial charge in [-0.2, -0.15) is 0 Å². The molecule has 2 aromatic rings. The molecule has 0 amide bonds. The van der Waals surface area contributed by atoms with Crippen molar-refractivity contribution in [3.05, 3.63) is 53.1 Å². The van der Waals surface area contributed by atoms with Crippen LogP contribution in [0.25, 0.3) is 0 Å². The molecule has 4 N–H and O–H groups in total. The van der Waals surface area contributed by atoms with Crippen molar-refractivity contribution >= 4 is 34.0 Å². The van der Waals surface area contributed by atoms with E-state index >= 15 is 0 Å². The van der Waals surface area contributed by atoms with Crippen LogP contribution in [0.5, 0.6) is 17.2 Å². The Bertz CT molecular complexity index is 851. The molecule has 0 bridgehead atoms. The Balaban J connectivity index is 0.00000289. The molecule has 0 aliphatic heterocycles. The van der Waals surface area contributed by atoms with Crippen molar-refractivity contribution in [1.29, 1.82) is 0 Å². The van der Waals surface area contributed by atoms with Crippen molar-refractivity contribution in [3.8, 4) is 17.2 Å². The number of rotatable bonds is 13. The van der Waals surface area contributed by atoms with Gasteiger partial charge in [0.2, 0.25) is 0 Å². The molecule has 192 valence electrons. The van der Waals surface area contributed by atoms with Gasteiger partial charge in [0.15, 0.2) is 11.5 Å². The summed E-state index contributed by atoms with van der Waals surface area (Å²) in [7, 11) is 0. The second kappa shape index (κ2) is 16.4. The maximum Gasteiger partial charge on any atom is 0.160 e. The number of phenols is 3. The van der Waals surface area contributed by atoms with E-state index in [1.165, 1.54) is 36.8 Å². The summed E-state index contributed by atoms with van der Waals surface area (Å²) in [5, 5.41) is 32.9. The van der Waals surface area contributed by atoms with Crippen LogP contribution in [-0.4, -0.2) is 52.4 Å².